The predicted molar refractivity (Wildman–Crippen MR) is 115 cm³/mol. The van der Waals surface area contributed by atoms with E-state index in [0.717, 1.165) is 11.6 Å². The number of nitrogens with one attached hydrogen (secondary N) is 1. The lowest BCUT2D eigenvalue weighted by molar-refractivity contribution is -0.124. The minimum atomic E-state index is -3.98. The lowest BCUT2D eigenvalue weighted by atomic mass is 10.0. The molecular weight excluding hydrogens is 430 g/mol. The van der Waals surface area contributed by atoms with Gasteiger partial charge in [0.05, 0.1) is 21.4 Å². The van der Waals surface area contributed by atoms with Crippen molar-refractivity contribution in [3.63, 3.8) is 0 Å². The Labute approximate surface area is 185 Å². The van der Waals surface area contributed by atoms with E-state index in [1.165, 1.54) is 30.3 Å². The zero-order valence-electron chi connectivity index (χ0n) is 17.1. The molecule has 0 spiro atoms. The van der Waals surface area contributed by atoms with Gasteiger partial charge in [-0.1, -0.05) is 42.5 Å². The second-order valence-electron chi connectivity index (χ2n) is 7.32. The Morgan fingerprint density at radius 3 is 2.31 bits per heavy atom. The summed E-state index contributed by atoms with van der Waals surface area (Å²) in [7, 11) is -3.98. The molecule has 0 aromatic heterocycles. The van der Waals surface area contributed by atoms with Gasteiger partial charge in [-0.25, -0.2) is 13.2 Å². The predicted octanol–water partition coefficient (Wildman–Crippen LogP) is 3.10. The summed E-state index contributed by atoms with van der Waals surface area (Å²) in [6, 6.07) is 18.7. The Morgan fingerprint density at radius 2 is 1.56 bits per heavy atom. The minimum absolute atomic E-state index is 0.00493. The van der Waals surface area contributed by atoms with Crippen LogP contribution in [0.15, 0.2) is 82.6 Å². The summed E-state index contributed by atoms with van der Waals surface area (Å²) in [5, 5.41) is 2.73. The van der Waals surface area contributed by atoms with Gasteiger partial charge in [0.15, 0.2) is 12.4 Å². The Kier molecular flexibility index (Phi) is 5.63. The van der Waals surface area contributed by atoms with Gasteiger partial charge in [0.2, 0.25) is 9.84 Å². The average Bonchev–Trinajstić information content (AvgIpc) is 2.81. The number of carbonyl (C=O) groups is 3. The van der Waals surface area contributed by atoms with Crippen LogP contribution in [0.2, 0.25) is 0 Å². The molecule has 0 aliphatic carbocycles. The fourth-order valence-corrected chi connectivity index (χ4v) is 5.21. The van der Waals surface area contributed by atoms with Crippen LogP contribution in [0, 0.1) is 0 Å². The number of carbonyl (C=O) groups excluding carboxylic acids is 3. The first-order valence-electron chi connectivity index (χ1n) is 9.83. The summed E-state index contributed by atoms with van der Waals surface area (Å²) in [5.41, 5.74) is 0.926. The monoisotopic (exact) mass is 449 g/mol. The van der Waals surface area contributed by atoms with E-state index >= 15 is 0 Å². The van der Waals surface area contributed by atoms with E-state index in [2.05, 4.69) is 5.32 Å². The topological polar surface area (TPSA) is 107 Å². The third-order valence-electron chi connectivity index (χ3n) is 5.18. The normalized spacial score (nSPS) is 14.6. The second-order valence-corrected chi connectivity index (χ2v) is 9.20. The second kappa shape index (κ2) is 8.39. The summed E-state index contributed by atoms with van der Waals surface area (Å²) in [5.74, 6) is -1.79. The number of amides is 1. The van der Waals surface area contributed by atoms with Gasteiger partial charge in [0.25, 0.3) is 5.91 Å². The molecule has 1 N–H and O–H groups in total. The summed E-state index contributed by atoms with van der Waals surface area (Å²) in [6.07, 6.45) is 0. The van der Waals surface area contributed by atoms with E-state index in [1.807, 2.05) is 30.3 Å². The lowest BCUT2D eigenvalue weighted by Gasteiger charge is -2.19. The number of esters is 1. The maximum atomic E-state index is 13.0. The van der Waals surface area contributed by atoms with Crippen LogP contribution in [-0.4, -0.2) is 32.7 Å². The molecule has 1 aliphatic heterocycles. The molecule has 0 radical (unpaired) electrons. The molecule has 0 saturated carbocycles. The van der Waals surface area contributed by atoms with E-state index < -0.39 is 34.1 Å². The van der Waals surface area contributed by atoms with Gasteiger partial charge in [-0.3, -0.25) is 9.59 Å². The van der Waals surface area contributed by atoms with Crippen LogP contribution >= 0.6 is 0 Å². The molecule has 4 rings (SSSR count). The molecule has 8 heteroatoms. The Bertz CT molecular complexity index is 1330. The van der Waals surface area contributed by atoms with Crippen molar-refractivity contribution >= 4 is 27.5 Å². The first kappa shape index (κ1) is 21.5. The fourth-order valence-electron chi connectivity index (χ4n) is 3.53. The highest BCUT2D eigenvalue weighted by molar-refractivity contribution is 7.91. The molecule has 7 nitrogen and oxygen atoms in total. The van der Waals surface area contributed by atoms with Gasteiger partial charge < -0.3 is 10.1 Å². The van der Waals surface area contributed by atoms with Crippen molar-refractivity contribution in [3.05, 3.63) is 95.1 Å². The van der Waals surface area contributed by atoms with Crippen molar-refractivity contribution in [2.24, 2.45) is 0 Å². The molecule has 162 valence electrons. The zero-order valence-corrected chi connectivity index (χ0v) is 17.9. The van der Waals surface area contributed by atoms with Gasteiger partial charge in [-0.15, -0.1) is 0 Å². The van der Waals surface area contributed by atoms with Crippen LogP contribution in [0.25, 0.3) is 0 Å². The van der Waals surface area contributed by atoms with Gasteiger partial charge in [0, 0.05) is 11.1 Å². The van der Waals surface area contributed by atoms with Crippen molar-refractivity contribution < 1.29 is 27.5 Å². The largest absolute Gasteiger partial charge is 0.452 e. The van der Waals surface area contributed by atoms with Crippen molar-refractivity contribution in [3.8, 4) is 0 Å². The van der Waals surface area contributed by atoms with E-state index in [1.54, 1.807) is 13.0 Å². The molecule has 1 aliphatic rings. The van der Waals surface area contributed by atoms with Crippen molar-refractivity contribution in [1.82, 2.24) is 5.32 Å². The van der Waals surface area contributed by atoms with Crippen LogP contribution in [0.3, 0.4) is 0 Å². The quantitative estimate of drug-likeness (QED) is 0.469. The van der Waals surface area contributed by atoms with Crippen molar-refractivity contribution in [2.45, 2.75) is 22.8 Å². The number of ether oxygens (including phenoxy) is 1. The van der Waals surface area contributed by atoms with E-state index in [-0.39, 0.29) is 32.5 Å². The van der Waals surface area contributed by atoms with Crippen LogP contribution in [0.5, 0.6) is 0 Å². The van der Waals surface area contributed by atoms with E-state index in [0.29, 0.717) is 0 Å². The number of rotatable bonds is 5. The van der Waals surface area contributed by atoms with E-state index in [4.69, 9.17) is 4.74 Å². The number of ketones is 1. The standard InChI is InChI=1S/C24H19NO6S/c1-15(16-7-3-2-4-8-16)25-22(26)14-31-24(28)17-11-12-19-21(13-17)32(29,30)20-10-6-5-9-18(20)23(19)27/h2-13,15H,14H2,1H3,(H,25,26)/t15-/m1/s1. The Morgan fingerprint density at radius 1 is 0.906 bits per heavy atom. The summed E-state index contributed by atoms with van der Waals surface area (Å²) in [4.78, 5) is 36.9. The SMILES string of the molecule is C[C@@H](NC(=O)COC(=O)c1ccc2c(c1)S(=O)(=O)c1ccccc1C2=O)c1ccccc1. The van der Waals surface area contributed by atoms with Gasteiger partial charge >= 0.3 is 5.97 Å². The summed E-state index contributed by atoms with van der Waals surface area (Å²) >= 11 is 0. The Balaban J connectivity index is 1.48. The highest BCUT2D eigenvalue weighted by atomic mass is 32.2. The van der Waals surface area contributed by atoms with Crippen LogP contribution in [-0.2, 0) is 19.4 Å². The van der Waals surface area contributed by atoms with Gasteiger partial charge in [-0.2, -0.15) is 0 Å². The van der Waals surface area contributed by atoms with Crippen molar-refractivity contribution in [1.29, 1.82) is 0 Å². The first-order valence-corrected chi connectivity index (χ1v) is 11.3. The molecule has 0 unspecified atom stereocenters. The zero-order chi connectivity index (χ0) is 22.9. The molecule has 3 aromatic rings. The molecule has 32 heavy (non-hydrogen) atoms. The highest BCUT2D eigenvalue weighted by Crippen LogP contribution is 2.34. The van der Waals surface area contributed by atoms with E-state index in [9.17, 15) is 22.8 Å². The fraction of sp³-hybridized carbons (Fsp3) is 0.125. The number of hydrogen-bond acceptors (Lipinski definition) is 6. The molecular formula is C24H19NO6S. The molecule has 1 heterocycles. The highest BCUT2D eigenvalue weighted by Gasteiger charge is 2.35. The summed E-state index contributed by atoms with van der Waals surface area (Å²) in [6.45, 7) is 1.28. The van der Waals surface area contributed by atoms with Crippen LogP contribution in [0.4, 0.5) is 0 Å². The first-order chi connectivity index (χ1) is 15.3. The van der Waals surface area contributed by atoms with Crippen LogP contribution in [0.1, 0.15) is 44.8 Å². The maximum Gasteiger partial charge on any atom is 0.338 e. The summed E-state index contributed by atoms with van der Waals surface area (Å²) < 4.78 is 31.0. The Hall–Kier alpha value is -3.78. The van der Waals surface area contributed by atoms with Crippen molar-refractivity contribution in [2.75, 3.05) is 6.61 Å². The molecule has 0 fully saturated rings. The van der Waals surface area contributed by atoms with Gasteiger partial charge in [-0.05, 0) is 42.8 Å². The number of hydrogen-bond donors (Lipinski definition) is 1. The number of benzene rings is 3. The minimum Gasteiger partial charge on any atom is -0.452 e. The number of sulfone groups is 1. The molecule has 3 aromatic carbocycles. The van der Waals surface area contributed by atoms with Gasteiger partial charge in [0.1, 0.15) is 0 Å². The lowest BCUT2D eigenvalue weighted by Crippen LogP contribution is -2.31. The molecule has 1 atom stereocenters. The average molecular weight is 449 g/mol. The third kappa shape index (κ3) is 3.92. The third-order valence-corrected chi connectivity index (χ3v) is 7.04. The molecule has 1 amide bonds. The smallest absolute Gasteiger partial charge is 0.338 e. The molecule has 0 bridgehead atoms. The maximum absolute atomic E-state index is 13.0. The van der Waals surface area contributed by atoms with Crippen LogP contribution < -0.4 is 5.32 Å². The number of fused-ring (bicyclic) bond motifs is 2. The molecule has 0 saturated heterocycles.